The van der Waals surface area contributed by atoms with Crippen LogP contribution in [0.25, 0.3) is 0 Å². The molecule has 0 spiro atoms. The molecule has 1 heterocycles. The van der Waals surface area contributed by atoms with Crippen LogP contribution < -0.4 is 9.47 Å². The smallest absolute Gasteiger partial charge is 0.141 e. The molecule has 1 unspecified atom stereocenters. The molecule has 4 nitrogen and oxygen atoms in total. The summed E-state index contributed by atoms with van der Waals surface area (Å²) in [4.78, 5) is 4.00. The van der Waals surface area contributed by atoms with Gasteiger partial charge in [-0.05, 0) is 30.7 Å². The molecule has 1 N–H and O–H groups in total. The molecule has 1 aromatic carbocycles. The number of ether oxygens (including phenoxy) is 2. The van der Waals surface area contributed by atoms with E-state index in [0.717, 1.165) is 6.20 Å². The standard InChI is InChI=1S/C16H18FNO3/c1-4-16(19,15-8-5-11(17)10-18-15)13-7-6-12(20-2)9-14(13)21-3/h5-10,19H,4H2,1-3H3. The number of aliphatic hydroxyl groups is 1. The number of methoxy groups -OCH3 is 2. The zero-order valence-electron chi connectivity index (χ0n) is 12.3. The summed E-state index contributed by atoms with van der Waals surface area (Å²) in [7, 11) is 3.08. The third-order valence-electron chi connectivity index (χ3n) is 3.52. The third-order valence-corrected chi connectivity index (χ3v) is 3.52. The Bertz CT molecular complexity index is 615. The monoisotopic (exact) mass is 291 g/mol. The van der Waals surface area contributed by atoms with Crippen molar-refractivity contribution in [1.82, 2.24) is 4.98 Å². The van der Waals surface area contributed by atoms with Gasteiger partial charge in [0.25, 0.3) is 0 Å². The number of rotatable bonds is 5. The lowest BCUT2D eigenvalue weighted by Gasteiger charge is -2.28. The Morgan fingerprint density at radius 2 is 1.95 bits per heavy atom. The van der Waals surface area contributed by atoms with Crippen molar-refractivity contribution >= 4 is 0 Å². The molecule has 1 aromatic heterocycles. The molecule has 0 saturated carbocycles. The summed E-state index contributed by atoms with van der Waals surface area (Å²) < 4.78 is 23.5. The van der Waals surface area contributed by atoms with Crippen LogP contribution in [0.15, 0.2) is 36.5 Å². The van der Waals surface area contributed by atoms with Crippen molar-refractivity contribution < 1.29 is 19.0 Å². The first-order valence-corrected chi connectivity index (χ1v) is 6.62. The molecule has 0 amide bonds. The molecular formula is C16H18FNO3. The van der Waals surface area contributed by atoms with Gasteiger partial charge in [0.2, 0.25) is 0 Å². The molecule has 0 aliphatic heterocycles. The number of nitrogens with zero attached hydrogens (tertiary/aromatic N) is 1. The number of hydrogen-bond acceptors (Lipinski definition) is 4. The fourth-order valence-corrected chi connectivity index (χ4v) is 2.27. The van der Waals surface area contributed by atoms with Crippen LogP contribution >= 0.6 is 0 Å². The molecule has 1 atom stereocenters. The predicted octanol–water partition coefficient (Wildman–Crippen LogP) is 2.88. The first-order valence-electron chi connectivity index (χ1n) is 6.62. The highest BCUT2D eigenvalue weighted by Gasteiger charge is 2.34. The highest BCUT2D eigenvalue weighted by Crippen LogP contribution is 2.39. The van der Waals surface area contributed by atoms with E-state index in [-0.39, 0.29) is 0 Å². The Balaban J connectivity index is 2.56. The van der Waals surface area contributed by atoms with Crippen molar-refractivity contribution in [2.45, 2.75) is 18.9 Å². The third kappa shape index (κ3) is 2.83. The molecule has 112 valence electrons. The number of benzene rings is 1. The van der Waals surface area contributed by atoms with Crippen LogP contribution in [0.5, 0.6) is 11.5 Å². The SMILES string of the molecule is CCC(O)(c1ccc(F)cn1)c1ccc(OC)cc1OC. The van der Waals surface area contributed by atoms with Gasteiger partial charge in [-0.3, -0.25) is 4.98 Å². The van der Waals surface area contributed by atoms with Gasteiger partial charge in [-0.15, -0.1) is 0 Å². The lowest BCUT2D eigenvalue weighted by atomic mass is 9.86. The Hall–Kier alpha value is -2.14. The zero-order valence-corrected chi connectivity index (χ0v) is 12.3. The lowest BCUT2D eigenvalue weighted by molar-refractivity contribution is 0.0689. The normalized spacial score (nSPS) is 13.6. The van der Waals surface area contributed by atoms with Crippen LogP contribution in [0.2, 0.25) is 0 Å². The van der Waals surface area contributed by atoms with Crippen molar-refractivity contribution in [1.29, 1.82) is 0 Å². The van der Waals surface area contributed by atoms with Gasteiger partial charge in [0, 0.05) is 11.6 Å². The van der Waals surface area contributed by atoms with Crippen LogP contribution in [0, 0.1) is 5.82 Å². The van der Waals surface area contributed by atoms with Gasteiger partial charge in [0.05, 0.1) is 26.1 Å². The molecule has 21 heavy (non-hydrogen) atoms. The largest absolute Gasteiger partial charge is 0.497 e. The van der Waals surface area contributed by atoms with Gasteiger partial charge in [-0.25, -0.2) is 4.39 Å². The van der Waals surface area contributed by atoms with E-state index in [4.69, 9.17) is 9.47 Å². The van der Waals surface area contributed by atoms with Gasteiger partial charge in [-0.1, -0.05) is 6.92 Å². The maximum absolute atomic E-state index is 13.0. The molecule has 0 aliphatic rings. The maximum Gasteiger partial charge on any atom is 0.141 e. The van der Waals surface area contributed by atoms with E-state index in [1.807, 2.05) is 6.92 Å². The molecule has 0 radical (unpaired) electrons. The van der Waals surface area contributed by atoms with E-state index in [1.165, 1.54) is 19.2 Å². The van der Waals surface area contributed by atoms with E-state index in [2.05, 4.69) is 4.98 Å². The molecular weight excluding hydrogens is 273 g/mol. The van der Waals surface area contributed by atoms with Gasteiger partial charge < -0.3 is 14.6 Å². The van der Waals surface area contributed by atoms with E-state index in [1.54, 1.807) is 25.3 Å². The summed E-state index contributed by atoms with van der Waals surface area (Å²) in [5.41, 5.74) is -0.423. The van der Waals surface area contributed by atoms with Gasteiger partial charge in [-0.2, -0.15) is 0 Å². The average Bonchev–Trinajstić information content (AvgIpc) is 2.54. The quantitative estimate of drug-likeness (QED) is 0.920. The Morgan fingerprint density at radius 1 is 1.19 bits per heavy atom. The number of aromatic nitrogens is 1. The molecule has 0 saturated heterocycles. The highest BCUT2D eigenvalue weighted by molar-refractivity contribution is 5.47. The average molecular weight is 291 g/mol. The molecule has 2 rings (SSSR count). The summed E-state index contributed by atoms with van der Waals surface area (Å²) in [6, 6.07) is 7.91. The topological polar surface area (TPSA) is 51.6 Å². The van der Waals surface area contributed by atoms with Gasteiger partial charge >= 0.3 is 0 Å². The molecule has 0 aliphatic carbocycles. The molecule has 5 heteroatoms. The highest BCUT2D eigenvalue weighted by atomic mass is 19.1. The minimum absolute atomic E-state index is 0.369. The summed E-state index contributed by atoms with van der Waals surface area (Å²) in [5.74, 6) is 0.671. The number of pyridine rings is 1. The van der Waals surface area contributed by atoms with Gasteiger partial charge in [0.1, 0.15) is 22.9 Å². The second-order valence-electron chi connectivity index (χ2n) is 4.64. The van der Waals surface area contributed by atoms with E-state index < -0.39 is 11.4 Å². The van der Waals surface area contributed by atoms with Crippen LogP contribution in [-0.4, -0.2) is 24.3 Å². The summed E-state index contributed by atoms with van der Waals surface area (Å²) >= 11 is 0. The molecule has 0 fully saturated rings. The lowest BCUT2D eigenvalue weighted by Crippen LogP contribution is -2.28. The van der Waals surface area contributed by atoms with Crippen molar-refractivity contribution in [2.75, 3.05) is 14.2 Å². The number of halogens is 1. The first kappa shape index (κ1) is 15.3. The first-order chi connectivity index (χ1) is 10.0. The Morgan fingerprint density at radius 3 is 2.48 bits per heavy atom. The van der Waals surface area contributed by atoms with Gasteiger partial charge in [0.15, 0.2) is 0 Å². The van der Waals surface area contributed by atoms with E-state index >= 15 is 0 Å². The predicted molar refractivity (Wildman–Crippen MR) is 77.0 cm³/mol. The van der Waals surface area contributed by atoms with Crippen LogP contribution in [0.1, 0.15) is 24.6 Å². The summed E-state index contributed by atoms with van der Waals surface area (Å²) in [6.07, 6.45) is 1.46. The fourth-order valence-electron chi connectivity index (χ4n) is 2.27. The second-order valence-corrected chi connectivity index (χ2v) is 4.64. The summed E-state index contributed by atoms with van der Waals surface area (Å²) in [5, 5.41) is 11.0. The Kier molecular flexibility index (Phi) is 4.43. The molecule has 2 aromatic rings. The minimum Gasteiger partial charge on any atom is -0.497 e. The van der Waals surface area contributed by atoms with Crippen LogP contribution in [0.4, 0.5) is 4.39 Å². The minimum atomic E-state index is -1.36. The number of hydrogen-bond donors (Lipinski definition) is 1. The summed E-state index contributed by atoms with van der Waals surface area (Å²) in [6.45, 7) is 1.83. The van der Waals surface area contributed by atoms with Crippen LogP contribution in [0.3, 0.4) is 0 Å². The van der Waals surface area contributed by atoms with E-state index in [0.29, 0.717) is 29.2 Å². The zero-order chi connectivity index (χ0) is 15.5. The maximum atomic E-state index is 13.0. The second kappa shape index (κ2) is 6.10. The van der Waals surface area contributed by atoms with Crippen molar-refractivity contribution in [2.24, 2.45) is 0 Å². The fraction of sp³-hybridized carbons (Fsp3) is 0.312. The molecule has 0 bridgehead atoms. The van der Waals surface area contributed by atoms with Crippen LogP contribution in [-0.2, 0) is 5.60 Å². The van der Waals surface area contributed by atoms with E-state index in [9.17, 15) is 9.50 Å². The van der Waals surface area contributed by atoms with Crippen molar-refractivity contribution in [3.8, 4) is 11.5 Å². The van der Waals surface area contributed by atoms with Crippen molar-refractivity contribution in [3.05, 3.63) is 53.6 Å². The van der Waals surface area contributed by atoms with Crippen molar-refractivity contribution in [3.63, 3.8) is 0 Å². The Labute approximate surface area is 123 Å².